The number of carbonyl (C=O) groups excluding carboxylic acids is 1. The number of carbonyl (C=O) groups is 1. The van der Waals surface area contributed by atoms with Crippen molar-refractivity contribution in [2.75, 3.05) is 49.6 Å². The molecule has 0 saturated carbocycles. The Kier molecular flexibility index (Phi) is 5.52. The summed E-state index contributed by atoms with van der Waals surface area (Å²) < 4.78 is 0. The van der Waals surface area contributed by atoms with Gasteiger partial charge in [0.25, 0.3) is 5.91 Å². The van der Waals surface area contributed by atoms with Crippen LogP contribution in [-0.2, 0) is 0 Å². The molecule has 1 amide bonds. The minimum Gasteiger partial charge on any atom is -0.354 e. The predicted molar refractivity (Wildman–Crippen MR) is 105 cm³/mol. The van der Waals surface area contributed by atoms with Crippen LogP contribution in [0.25, 0.3) is 0 Å². The third-order valence-corrected chi connectivity index (χ3v) is 4.75. The van der Waals surface area contributed by atoms with E-state index in [0.29, 0.717) is 18.1 Å². The number of amides is 1. The summed E-state index contributed by atoms with van der Waals surface area (Å²) >= 11 is 0. The van der Waals surface area contributed by atoms with E-state index in [4.69, 9.17) is 0 Å². The van der Waals surface area contributed by atoms with Crippen molar-refractivity contribution in [3.8, 4) is 0 Å². The zero-order chi connectivity index (χ0) is 18.7. The molecule has 1 saturated heterocycles. The van der Waals surface area contributed by atoms with Crippen molar-refractivity contribution in [3.05, 3.63) is 47.4 Å². The molecule has 0 radical (unpaired) electrons. The summed E-state index contributed by atoms with van der Waals surface area (Å²) in [4.78, 5) is 28.4. The molecular weight excluding hydrogens is 326 g/mol. The second kappa shape index (κ2) is 7.83. The quantitative estimate of drug-likeness (QED) is 0.845. The Balaban J connectivity index is 1.88. The SMILES string of the molecule is CCN(C(=O)c1cc(N2CCN(C)CC2)nc(C)n1)c1cccc(C)c1. The number of aryl methyl sites for hydroxylation is 2. The molecule has 1 aromatic carbocycles. The first-order valence-corrected chi connectivity index (χ1v) is 9.15. The number of hydrogen-bond acceptors (Lipinski definition) is 5. The van der Waals surface area contributed by atoms with Gasteiger partial charge in [-0.25, -0.2) is 9.97 Å². The second-order valence-corrected chi connectivity index (χ2v) is 6.84. The van der Waals surface area contributed by atoms with Crippen LogP contribution in [0.3, 0.4) is 0 Å². The number of nitrogens with zero attached hydrogens (tertiary/aromatic N) is 5. The fourth-order valence-electron chi connectivity index (χ4n) is 3.24. The average Bonchev–Trinajstić information content (AvgIpc) is 2.62. The van der Waals surface area contributed by atoms with E-state index >= 15 is 0 Å². The van der Waals surface area contributed by atoms with E-state index in [1.54, 1.807) is 4.90 Å². The molecule has 0 N–H and O–H groups in total. The summed E-state index contributed by atoms with van der Waals surface area (Å²) in [5.41, 5.74) is 2.48. The van der Waals surface area contributed by atoms with E-state index < -0.39 is 0 Å². The lowest BCUT2D eigenvalue weighted by Gasteiger charge is -2.33. The first-order chi connectivity index (χ1) is 12.5. The van der Waals surface area contributed by atoms with Crippen LogP contribution in [-0.4, -0.2) is 60.5 Å². The molecule has 1 fully saturated rings. The highest BCUT2D eigenvalue weighted by Gasteiger charge is 2.22. The van der Waals surface area contributed by atoms with Crippen LogP contribution in [0.2, 0.25) is 0 Å². The molecular formula is C20H27N5O. The molecule has 0 aliphatic carbocycles. The molecule has 138 valence electrons. The van der Waals surface area contributed by atoms with Gasteiger partial charge in [0.15, 0.2) is 0 Å². The first kappa shape index (κ1) is 18.3. The molecule has 2 heterocycles. The summed E-state index contributed by atoms with van der Waals surface area (Å²) in [5, 5.41) is 0. The van der Waals surface area contributed by atoms with Gasteiger partial charge in [0, 0.05) is 44.5 Å². The standard InChI is InChI=1S/C20H27N5O/c1-5-25(17-8-6-7-15(2)13-17)20(26)18-14-19(22-16(3)21-18)24-11-9-23(4)10-12-24/h6-8,13-14H,5,9-12H2,1-4H3. The first-order valence-electron chi connectivity index (χ1n) is 9.15. The maximum absolute atomic E-state index is 13.1. The van der Waals surface area contributed by atoms with Crippen LogP contribution in [0, 0.1) is 13.8 Å². The normalized spacial score (nSPS) is 15.2. The Hall–Kier alpha value is -2.47. The van der Waals surface area contributed by atoms with Crippen molar-refractivity contribution >= 4 is 17.4 Å². The summed E-state index contributed by atoms with van der Waals surface area (Å²) in [7, 11) is 2.12. The molecule has 2 aromatic rings. The maximum Gasteiger partial charge on any atom is 0.277 e. The van der Waals surface area contributed by atoms with Gasteiger partial charge in [-0.05, 0) is 45.5 Å². The van der Waals surface area contributed by atoms with Gasteiger partial charge >= 0.3 is 0 Å². The molecule has 3 rings (SSSR count). The Morgan fingerprint density at radius 1 is 1.12 bits per heavy atom. The number of hydrogen-bond donors (Lipinski definition) is 0. The van der Waals surface area contributed by atoms with E-state index in [2.05, 4.69) is 26.8 Å². The molecule has 1 aliphatic heterocycles. The van der Waals surface area contributed by atoms with E-state index in [0.717, 1.165) is 43.2 Å². The zero-order valence-corrected chi connectivity index (χ0v) is 16.1. The number of rotatable bonds is 4. The highest BCUT2D eigenvalue weighted by atomic mass is 16.2. The van der Waals surface area contributed by atoms with Gasteiger partial charge < -0.3 is 14.7 Å². The van der Waals surface area contributed by atoms with Gasteiger partial charge in [-0.1, -0.05) is 12.1 Å². The highest BCUT2D eigenvalue weighted by molar-refractivity contribution is 6.05. The van der Waals surface area contributed by atoms with Crippen LogP contribution in [0.5, 0.6) is 0 Å². The molecule has 0 atom stereocenters. The van der Waals surface area contributed by atoms with Crippen LogP contribution in [0.4, 0.5) is 11.5 Å². The molecule has 0 bridgehead atoms. The van der Waals surface area contributed by atoms with Gasteiger partial charge in [0.05, 0.1) is 0 Å². The van der Waals surface area contributed by atoms with Gasteiger partial charge in [-0.3, -0.25) is 4.79 Å². The fraction of sp³-hybridized carbons (Fsp3) is 0.450. The van der Waals surface area contributed by atoms with E-state index in [1.807, 2.05) is 51.1 Å². The van der Waals surface area contributed by atoms with Crippen molar-refractivity contribution < 1.29 is 4.79 Å². The van der Waals surface area contributed by atoms with Crippen LogP contribution in [0.15, 0.2) is 30.3 Å². The zero-order valence-electron chi connectivity index (χ0n) is 16.1. The van der Waals surface area contributed by atoms with Gasteiger partial charge in [0.1, 0.15) is 17.3 Å². The summed E-state index contributed by atoms with van der Waals surface area (Å²) in [5.74, 6) is 1.39. The molecule has 6 heteroatoms. The second-order valence-electron chi connectivity index (χ2n) is 6.84. The largest absolute Gasteiger partial charge is 0.354 e. The Labute approximate surface area is 155 Å². The average molecular weight is 353 g/mol. The number of benzene rings is 1. The Bertz CT molecular complexity index is 784. The lowest BCUT2D eigenvalue weighted by atomic mass is 10.2. The van der Waals surface area contributed by atoms with Crippen molar-refractivity contribution in [1.29, 1.82) is 0 Å². The van der Waals surface area contributed by atoms with Gasteiger partial charge in [-0.2, -0.15) is 0 Å². The summed E-state index contributed by atoms with van der Waals surface area (Å²) in [6.07, 6.45) is 0. The van der Waals surface area contributed by atoms with Gasteiger partial charge in [0.2, 0.25) is 0 Å². The molecule has 0 spiro atoms. The summed E-state index contributed by atoms with van der Waals surface area (Å²) in [6, 6.07) is 9.82. The Morgan fingerprint density at radius 2 is 1.85 bits per heavy atom. The molecule has 1 aromatic heterocycles. The lowest BCUT2D eigenvalue weighted by Crippen LogP contribution is -2.45. The highest BCUT2D eigenvalue weighted by Crippen LogP contribution is 2.20. The predicted octanol–water partition coefficient (Wildman–Crippen LogP) is 2.51. The number of aromatic nitrogens is 2. The molecule has 26 heavy (non-hydrogen) atoms. The lowest BCUT2D eigenvalue weighted by molar-refractivity contribution is 0.0983. The van der Waals surface area contributed by atoms with Crippen LogP contribution >= 0.6 is 0 Å². The van der Waals surface area contributed by atoms with Gasteiger partial charge in [-0.15, -0.1) is 0 Å². The number of piperazine rings is 1. The van der Waals surface area contributed by atoms with Crippen molar-refractivity contribution in [2.45, 2.75) is 20.8 Å². The fourth-order valence-corrected chi connectivity index (χ4v) is 3.24. The van der Waals surface area contributed by atoms with Crippen molar-refractivity contribution in [1.82, 2.24) is 14.9 Å². The minimum absolute atomic E-state index is 0.0843. The van der Waals surface area contributed by atoms with Crippen LogP contribution in [0.1, 0.15) is 28.8 Å². The maximum atomic E-state index is 13.1. The van der Waals surface area contributed by atoms with Crippen molar-refractivity contribution in [3.63, 3.8) is 0 Å². The smallest absolute Gasteiger partial charge is 0.277 e. The summed E-state index contributed by atoms with van der Waals surface area (Å²) in [6.45, 7) is 10.3. The third-order valence-electron chi connectivity index (χ3n) is 4.75. The van der Waals surface area contributed by atoms with E-state index in [9.17, 15) is 4.79 Å². The van der Waals surface area contributed by atoms with Crippen molar-refractivity contribution in [2.24, 2.45) is 0 Å². The Morgan fingerprint density at radius 3 is 2.50 bits per heavy atom. The van der Waals surface area contributed by atoms with E-state index in [-0.39, 0.29) is 5.91 Å². The molecule has 0 unspecified atom stereocenters. The van der Waals surface area contributed by atoms with E-state index in [1.165, 1.54) is 0 Å². The minimum atomic E-state index is -0.0843. The molecule has 6 nitrogen and oxygen atoms in total. The topological polar surface area (TPSA) is 52.6 Å². The number of likely N-dealkylation sites (N-methyl/N-ethyl adjacent to an activating group) is 1. The number of anilines is 2. The molecule has 1 aliphatic rings. The third kappa shape index (κ3) is 4.02. The monoisotopic (exact) mass is 353 g/mol. The van der Waals surface area contributed by atoms with Crippen LogP contribution < -0.4 is 9.80 Å².